The maximum atomic E-state index is 5.53. The van der Waals surface area contributed by atoms with E-state index in [2.05, 4.69) is 32.2 Å². The van der Waals surface area contributed by atoms with Crippen LogP contribution in [0.4, 0.5) is 0 Å². The van der Waals surface area contributed by atoms with Crippen molar-refractivity contribution in [2.24, 2.45) is 0 Å². The quantitative estimate of drug-likeness (QED) is 0.733. The van der Waals surface area contributed by atoms with E-state index >= 15 is 0 Å². The van der Waals surface area contributed by atoms with Gasteiger partial charge in [-0.1, -0.05) is 6.07 Å². The highest BCUT2D eigenvalue weighted by molar-refractivity contribution is 9.10. The number of hydrogen-bond acceptors (Lipinski definition) is 3. The third-order valence-corrected chi connectivity index (χ3v) is 3.53. The van der Waals surface area contributed by atoms with E-state index in [1.807, 2.05) is 53.8 Å². The molecule has 0 bridgehead atoms. The summed E-state index contributed by atoms with van der Waals surface area (Å²) in [4.78, 5) is 0. The first-order chi connectivity index (χ1) is 9.67. The summed E-state index contributed by atoms with van der Waals surface area (Å²) in [5.74, 6) is 0. The van der Waals surface area contributed by atoms with Crippen molar-refractivity contribution in [3.8, 4) is 11.1 Å². The highest BCUT2D eigenvalue weighted by atomic mass is 79.9. The minimum absolute atomic E-state index is 0.0590. The van der Waals surface area contributed by atoms with Crippen LogP contribution in [0.15, 0.2) is 41.4 Å². The molecule has 0 aromatic carbocycles. The second-order valence-corrected chi connectivity index (χ2v) is 5.33. The minimum atomic E-state index is -0.0590. The Morgan fingerprint density at radius 1 is 1.30 bits per heavy atom. The summed E-state index contributed by atoms with van der Waals surface area (Å²) in [6, 6.07) is 6.08. The van der Waals surface area contributed by atoms with Crippen LogP contribution < -0.4 is 0 Å². The number of rotatable bonds is 4. The predicted molar refractivity (Wildman–Crippen MR) is 80.5 cm³/mol. The first-order valence-corrected chi connectivity index (χ1v) is 7.27. The monoisotopic (exact) mass is 334 g/mol. The normalized spacial score (nSPS) is 12.9. The molecule has 3 aromatic heterocycles. The van der Waals surface area contributed by atoms with Gasteiger partial charge in [0.15, 0.2) is 0 Å². The zero-order chi connectivity index (χ0) is 14.1. The molecule has 1 unspecified atom stereocenters. The van der Waals surface area contributed by atoms with Crippen LogP contribution in [-0.4, -0.2) is 26.0 Å². The van der Waals surface area contributed by atoms with Crippen LogP contribution in [0.5, 0.6) is 0 Å². The molecule has 0 N–H and O–H groups in total. The van der Waals surface area contributed by atoms with Crippen LogP contribution in [0, 0.1) is 0 Å². The molecule has 3 rings (SSSR count). The SMILES string of the molecule is CCOC(C)n1cc(-c2ccc3cc(Br)nn3c2)cn1. The van der Waals surface area contributed by atoms with Gasteiger partial charge in [-0.15, -0.1) is 0 Å². The fraction of sp³-hybridized carbons (Fsp3) is 0.286. The lowest BCUT2D eigenvalue weighted by Crippen LogP contribution is -2.09. The molecular weight excluding hydrogens is 320 g/mol. The molecule has 6 heteroatoms. The van der Waals surface area contributed by atoms with Crippen molar-refractivity contribution >= 4 is 21.4 Å². The molecule has 0 spiro atoms. The molecule has 5 nitrogen and oxygen atoms in total. The first kappa shape index (κ1) is 13.3. The van der Waals surface area contributed by atoms with Gasteiger partial charge < -0.3 is 4.74 Å². The zero-order valence-corrected chi connectivity index (χ0v) is 12.9. The number of hydrogen-bond donors (Lipinski definition) is 0. The van der Waals surface area contributed by atoms with Gasteiger partial charge in [-0.05, 0) is 41.9 Å². The molecule has 0 radical (unpaired) electrons. The van der Waals surface area contributed by atoms with E-state index < -0.39 is 0 Å². The van der Waals surface area contributed by atoms with E-state index in [4.69, 9.17) is 4.74 Å². The Morgan fingerprint density at radius 3 is 2.95 bits per heavy atom. The molecule has 0 aliphatic carbocycles. The topological polar surface area (TPSA) is 44.4 Å². The van der Waals surface area contributed by atoms with Gasteiger partial charge in [0, 0.05) is 30.1 Å². The van der Waals surface area contributed by atoms with Crippen LogP contribution in [0.25, 0.3) is 16.6 Å². The van der Waals surface area contributed by atoms with Gasteiger partial charge in [0.1, 0.15) is 10.8 Å². The second-order valence-electron chi connectivity index (χ2n) is 4.52. The van der Waals surface area contributed by atoms with Crippen LogP contribution in [0.2, 0.25) is 0 Å². The Balaban J connectivity index is 1.94. The molecule has 104 valence electrons. The van der Waals surface area contributed by atoms with Gasteiger partial charge in [0.2, 0.25) is 0 Å². The minimum Gasteiger partial charge on any atom is -0.357 e. The summed E-state index contributed by atoms with van der Waals surface area (Å²) in [7, 11) is 0. The highest BCUT2D eigenvalue weighted by Gasteiger charge is 2.08. The summed E-state index contributed by atoms with van der Waals surface area (Å²) >= 11 is 3.38. The van der Waals surface area contributed by atoms with Crippen LogP contribution >= 0.6 is 15.9 Å². The molecule has 0 saturated carbocycles. The van der Waals surface area contributed by atoms with Crippen molar-refractivity contribution in [1.29, 1.82) is 0 Å². The second kappa shape index (κ2) is 5.38. The fourth-order valence-electron chi connectivity index (χ4n) is 2.13. The van der Waals surface area contributed by atoms with Crippen molar-refractivity contribution in [3.63, 3.8) is 0 Å². The number of pyridine rings is 1. The van der Waals surface area contributed by atoms with Gasteiger partial charge in [0.05, 0.1) is 11.7 Å². The Kier molecular flexibility index (Phi) is 3.58. The summed E-state index contributed by atoms with van der Waals surface area (Å²) in [6.45, 7) is 4.63. The number of aromatic nitrogens is 4. The average Bonchev–Trinajstić information content (AvgIpc) is 3.02. The number of halogens is 1. The smallest absolute Gasteiger partial charge is 0.147 e. The van der Waals surface area contributed by atoms with Crippen molar-refractivity contribution < 1.29 is 4.74 Å². The van der Waals surface area contributed by atoms with E-state index in [-0.39, 0.29) is 6.23 Å². The molecule has 3 aromatic rings. The molecule has 0 amide bonds. The summed E-state index contributed by atoms with van der Waals surface area (Å²) in [5.41, 5.74) is 3.17. The largest absolute Gasteiger partial charge is 0.357 e. The Labute approximate surface area is 125 Å². The number of fused-ring (bicyclic) bond motifs is 1. The number of nitrogens with zero attached hydrogens (tertiary/aromatic N) is 4. The molecule has 0 fully saturated rings. The zero-order valence-electron chi connectivity index (χ0n) is 11.3. The Hall–Kier alpha value is -1.66. The first-order valence-electron chi connectivity index (χ1n) is 6.48. The lowest BCUT2D eigenvalue weighted by Gasteiger charge is -2.11. The Bertz CT molecular complexity index is 734. The molecular formula is C14H15BrN4O. The maximum Gasteiger partial charge on any atom is 0.147 e. The van der Waals surface area contributed by atoms with Gasteiger partial charge in [-0.2, -0.15) is 10.2 Å². The number of ether oxygens (including phenoxy) is 1. The third kappa shape index (κ3) is 2.48. The Morgan fingerprint density at radius 2 is 2.15 bits per heavy atom. The van der Waals surface area contributed by atoms with E-state index in [0.717, 1.165) is 21.2 Å². The summed E-state index contributed by atoms with van der Waals surface area (Å²) < 4.78 is 10.0. The van der Waals surface area contributed by atoms with Gasteiger partial charge in [-0.3, -0.25) is 0 Å². The van der Waals surface area contributed by atoms with Gasteiger partial charge >= 0.3 is 0 Å². The summed E-state index contributed by atoms with van der Waals surface area (Å²) in [5, 5.41) is 8.70. The molecule has 0 aliphatic rings. The summed E-state index contributed by atoms with van der Waals surface area (Å²) in [6.07, 6.45) is 5.76. The highest BCUT2D eigenvalue weighted by Crippen LogP contribution is 2.22. The predicted octanol–water partition coefficient (Wildman–Crippen LogP) is 3.52. The van der Waals surface area contributed by atoms with Crippen LogP contribution in [-0.2, 0) is 4.74 Å². The molecule has 1 atom stereocenters. The van der Waals surface area contributed by atoms with Gasteiger partial charge in [-0.25, -0.2) is 9.20 Å². The van der Waals surface area contributed by atoms with Crippen molar-refractivity contribution in [2.45, 2.75) is 20.1 Å². The van der Waals surface area contributed by atoms with Crippen molar-refractivity contribution in [3.05, 3.63) is 41.4 Å². The standard InChI is InChI=1S/C14H15BrN4O/c1-3-20-10(2)18-9-12(7-16-18)11-4-5-13-6-14(15)17-19(13)8-11/h4-10H,3H2,1-2H3. The molecule has 3 heterocycles. The maximum absolute atomic E-state index is 5.53. The van der Waals surface area contributed by atoms with Crippen LogP contribution in [0.1, 0.15) is 20.1 Å². The third-order valence-electron chi connectivity index (χ3n) is 3.15. The lowest BCUT2D eigenvalue weighted by molar-refractivity contribution is 0.0160. The van der Waals surface area contributed by atoms with E-state index in [9.17, 15) is 0 Å². The van der Waals surface area contributed by atoms with E-state index in [1.165, 1.54) is 0 Å². The van der Waals surface area contributed by atoms with Crippen molar-refractivity contribution in [1.82, 2.24) is 19.4 Å². The molecule has 0 saturated heterocycles. The molecule has 0 aliphatic heterocycles. The fourth-order valence-corrected chi connectivity index (χ4v) is 2.54. The lowest BCUT2D eigenvalue weighted by atomic mass is 10.1. The van der Waals surface area contributed by atoms with Crippen molar-refractivity contribution in [2.75, 3.05) is 6.61 Å². The van der Waals surface area contributed by atoms with E-state index in [1.54, 1.807) is 0 Å². The van der Waals surface area contributed by atoms with Gasteiger partial charge in [0.25, 0.3) is 0 Å². The average molecular weight is 335 g/mol. The van der Waals surface area contributed by atoms with Crippen LogP contribution in [0.3, 0.4) is 0 Å². The van der Waals surface area contributed by atoms with E-state index in [0.29, 0.717) is 6.61 Å². The molecule has 20 heavy (non-hydrogen) atoms.